The van der Waals surface area contributed by atoms with E-state index < -0.39 is 0 Å². The lowest BCUT2D eigenvalue weighted by Gasteiger charge is -2.38. The van der Waals surface area contributed by atoms with Crippen molar-refractivity contribution in [3.63, 3.8) is 0 Å². The van der Waals surface area contributed by atoms with Gasteiger partial charge in [0.15, 0.2) is 0 Å². The van der Waals surface area contributed by atoms with Gasteiger partial charge >= 0.3 is 0 Å². The van der Waals surface area contributed by atoms with Crippen LogP contribution in [-0.4, -0.2) is 47.0 Å². The van der Waals surface area contributed by atoms with Gasteiger partial charge < -0.3 is 9.80 Å². The lowest BCUT2D eigenvalue weighted by molar-refractivity contribution is 0.0713. The van der Waals surface area contributed by atoms with E-state index in [1.54, 1.807) is 6.20 Å². The van der Waals surface area contributed by atoms with Crippen molar-refractivity contribution >= 4 is 22.5 Å². The summed E-state index contributed by atoms with van der Waals surface area (Å²) in [7, 11) is 1.89. The van der Waals surface area contributed by atoms with Crippen molar-refractivity contribution < 1.29 is 4.79 Å². The summed E-state index contributed by atoms with van der Waals surface area (Å²) in [5.74, 6) is 0.955. The zero-order valence-electron chi connectivity index (χ0n) is 14.9. The number of hydrogen-bond acceptors (Lipinski definition) is 4. The minimum Gasteiger partial charge on any atom is -0.355 e. The van der Waals surface area contributed by atoms with Crippen LogP contribution in [0, 0.1) is 0 Å². The molecule has 1 atom stereocenters. The fourth-order valence-corrected chi connectivity index (χ4v) is 3.64. The Labute approximate surface area is 153 Å². The van der Waals surface area contributed by atoms with Crippen LogP contribution in [0.4, 0.5) is 5.82 Å². The first kappa shape index (κ1) is 16.5. The number of carbonyl (C=O) groups is 1. The molecule has 26 heavy (non-hydrogen) atoms. The molecule has 3 heterocycles. The molecule has 1 fully saturated rings. The highest BCUT2D eigenvalue weighted by atomic mass is 16.2. The lowest BCUT2D eigenvalue weighted by Crippen LogP contribution is -2.49. The van der Waals surface area contributed by atoms with Crippen molar-refractivity contribution in [3.8, 4) is 0 Å². The summed E-state index contributed by atoms with van der Waals surface area (Å²) in [5.41, 5.74) is 0.528. The van der Waals surface area contributed by atoms with E-state index in [1.165, 1.54) is 0 Å². The summed E-state index contributed by atoms with van der Waals surface area (Å²) in [6.45, 7) is 1.77. The molecule has 132 valence electrons. The Morgan fingerprint density at radius 1 is 1.08 bits per heavy atom. The Morgan fingerprint density at radius 2 is 1.92 bits per heavy atom. The standard InChI is InChI=1S/C21H22N4O/c1-24(17-8-6-14-25(15-17)19-10-4-5-12-22-19)21(26)20-18-9-3-2-7-16(18)11-13-23-20/h2-5,7,9-13,17H,6,8,14-15H2,1H3/t17-/m0/s1. The zero-order valence-corrected chi connectivity index (χ0v) is 14.9. The van der Waals surface area contributed by atoms with Crippen molar-refractivity contribution in [2.45, 2.75) is 18.9 Å². The molecule has 1 aromatic carbocycles. The second-order valence-electron chi connectivity index (χ2n) is 6.73. The van der Waals surface area contributed by atoms with Crippen LogP contribution in [-0.2, 0) is 0 Å². The molecule has 0 saturated carbocycles. The number of amides is 1. The summed E-state index contributed by atoms with van der Waals surface area (Å²) in [6, 6.07) is 15.9. The summed E-state index contributed by atoms with van der Waals surface area (Å²) in [6.07, 6.45) is 5.57. The van der Waals surface area contributed by atoms with Crippen LogP contribution >= 0.6 is 0 Å². The quantitative estimate of drug-likeness (QED) is 0.730. The molecule has 0 N–H and O–H groups in total. The van der Waals surface area contributed by atoms with Crippen molar-refractivity contribution in [3.05, 3.63) is 66.6 Å². The van der Waals surface area contributed by atoms with E-state index in [2.05, 4.69) is 14.9 Å². The second-order valence-corrected chi connectivity index (χ2v) is 6.73. The minimum atomic E-state index is -0.0188. The zero-order chi connectivity index (χ0) is 17.9. The molecule has 0 radical (unpaired) electrons. The second kappa shape index (κ2) is 7.12. The number of rotatable bonds is 3. The fraction of sp³-hybridized carbons (Fsp3) is 0.286. The third-order valence-corrected chi connectivity index (χ3v) is 5.11. The van der Waals surface area contributed by atoms with Crippen LogP contribution in [0.5, 0.6) is 0 Å². The molecule has 2 aromatic heterocycles. The van der Waals surface area contributed by atoms with Gasteiger partial charge in [-0.2, -0.15) is 0 Å². The van der Waals surface area contributed by atoms with E-state index in [4.69, 9.17) is 0 Å². The van der Waals surface area contributed by atoms with E-state index in [9.17, 15) is 4.79 Å². The summed E-state index contributed by atoms with van der Waals surface area (Å²) < 4.78 is 0. The number of hydrogen-bond donors (Lipinski definition) is 0. The van der Waals surface area contributed by atoms with Crippen molar-refractivity contribution in [1.82, 2.24) is 14.9 Å². The number of fused-ring (bicyclic) bond motifs is 1. The lowest BCUT2D eigenvalue weighted by atomic mass is 10.0. The largest absolute Gasteiger partial charge is 0.355 e. The topological polar surface area (TPSA) is 49.3 Å². The van der Waals surface area contributed by atoms with Crippen LogP contribution < -0.4 is 4.90 Å². The molecule has 0 unspecified atom stereocenters. The molecule has 5 heteroatoms. The van der Waals surface area contributed by atoms with E-state index in [1.807, 2.05) is 66.7 Å². The normalized spacial score (nSPS) is 17.3. The molecule has 1 amide bonds. The molecule has 0 bridgehead atoms. The number of carbonyl (C=O) groups excluding carboxylic acids is 1. The number of anilines is 1. The van der Waals surface area contributed by atoms with Gasteiger partial charge in [-0.05, 0) is 36.4 Å². The van der Waals surface area contributed by atoms with Gasteiger partial charge in [-0.25, -0.2) is 4.98 Å². The first-order valence-corrected chi connectivity index (χ1v) is 9.01. The van der Waals surface area contributed by atoms with Gasteiger partial charge in [0.1, 0.15) is 11.5 Å². The molecule has 5 nitrogen and oxygen atoms in total. The summed E-state index contributed by atoms with van der Waals surface area (Å²) in [5, 5.41) is 1.95. The third-order valence-electron chi connectivity index (χ3n) is 5.11. The average Bonchev–Trinajstić information content (AvgIpc) is 2.73. The monoisotopic (exact) mass is 346 g/mol. The number of benzene rings is 1. The van der Waals surface area contributed by atoms with Crippen LogP contribution in [0.15, 0.2) is 60.9 Å². The Morgan fingerprint density at radius 3 is 2.77 bits per heavy atom. The Kier molecular flexibility index (Phi) is 4.52. The van der Waals surface area contributed by atoms with E-state index in [0.717, 1.165) is 42.5 Å². The molecular weight excluding hydrogens is 324 g/mol. The highest BCUT2D eigenvalue weighted by Gasteiger charge is 2.28. The Bertz CT molecular complexity index is 907. The fourth-order valence-electron chi connectivity index (χ4n) is 3.64. The molecule has 1 saturated heterocycles. The highest BCUT2D eigenvalue weighted by Crippen LogP contribution is 2.23. The van der Waals surface area contributed by atoms with Gasteiger partial charge in [0.25, 0.3) is 5.91 Å². The van der Waals surface area contributed by atoms with Crippen LogP contribution in [0.3, 0.4) is 0 Å². The molecular formula is C21H22N4O. The van der Waals surface area contributed by atoms with Gasteiger partial charge in [0, 0.05) is 44.0 Å². The maximum absolute atomic E-state index is 13.1. The maximum atomic E-state index is 13.1. The minimum absolute atomic E-state index is 0.0188. The Balaban J connectivity index is 1.56. The third kappa shape index (κ3) is 3.12. The highest BCUT2D eigenvalue weighted by molar-refractivity contribution is 6.05. The molecule has 1 aliphatic heterocycles. The maximum Gasteiger partial charge on any atom is 0.273 e. The molecule has 3 aromatic rings. The molecule has 0 spiro atoms. The van der Waals surface area contributed by atoms with Crippen molar-refractivity contribution in [2.24, 2.45) is 0 Å². The molecule has 1 aliphatic rings. The van der Waals surface area contributed by atoms with Gasteiger partial charge in [0.2, 0.25) is 0 Å². The SMILES string of the molecule is CN(C(=O)c1nccc2ccccc12)[C@H]1CCCN(c2ccccn2)C1. The van der Waals surface area contributed by atoms with Gasteiger partial charge in [0.05, 0.1) is 0 Å². The van der Waals surface area contributed by atoms with Crippen molar-refractivity contribution in [2.75, 3.05) is 25.0 Å². The van der Waals surface area contributed by atoms with Gasteiger partial charge in [-0.15, -0.1) is 0 Å². The Hall–Kier alpha value is -2.95. The van der Waals surface area contributed by atoms with Crippen LogP contribution in [0.2, 0.25) is 0 Å². The predicted molar refractivity (Wildman–Crippen MR) is 103 cm³/mol. The predicted octanol–water partition coefficient (Wildman–Crippen LogP) is 3.37. The molecule has 4 rings (SSSR count). The number of piperidine rings is 1. The smallest absolute Gasteiger partial charge is 0.273 e. The van der Waals surface area contributed by atoms with Crippen LogP contribution in [0.1, 0.15) is 23.3 Å². The first-order chi connectivity index (χ1) is 12.7. The van der Waals surface area contributed by atoms with E-state index in [-0.39, 0.29) is 11.9 Å². The number of likely N-dealkylation sites (N-methyl/N-ethyl adjacent to an activating group) is 1. The van der Waals surface area contributed by atoms with Gasteiger partial charge in [-0.3, -0.25) is 9.78 Å². The van der Waals surface area contributed by atoms with Crippen molar-refractivity contribution in [1.29, 1.82) is 0 Å². The first-order valence-electron chi connectivity index (χ1n) is 9.01. The molecule has 0 aliphatic carbocycles. The van der Waals surface area contributed by atoms with Gasteiger partial charge in [-0.1, -0.05) is 30.3 Å². The van der Waals surface area contributed by atoms with E-state index in [0.29, 0.717) is 5.69 Å². The summed E-state index contributed by atoms with van der Waals surface area (Å²) >= 11 is 0. The number of nitrogens with zero attached hydrogens (tertiary/aromatic N) is 4. The summed E-state index contributed by atoms with van der Waals surface area (Å²) in [4.78, 5) is 26.1. The van der Waals surface area contributed by atoms with Crippen LogP contribution in [0.25, 0.3) is 10.8 Å². The van der Waals surface area contributed by atoms with E-state index >= 15 is 0 Å². The average molecular weight is 346 g/mol. The number of pyridine rings is 2. The number of aromatic nitrogens is 2.